The van der Waals surface area contributed by atoms with E-state index in [2.05, 4.69) is 5.32 Å². The highest BCUT2D eigenvalue weighted by Crippen LogP contribution is 2.24. The monoisotopic (exact) mass is 220 g/mol. The number of likely N-dealkylation sites (N-methyl/N-ethyl adjacent to an activating group) is 1. The first-order valence-corrected chi connectivity index (χ1v) is 5.12. The Kier molecular flexibility index (Phi) is 4.44. The van der Waals surface area contributed by atoms with Gasteiger partial charge in [0.25, 0.3) is 0 Å². The minimum Gasteiger partial charge on any atom is -0.389 e. The first-order chi connectivity index (χ1) is 7.61. The SMILES string of the molecule is CNCC(O)C(O)c1c(C)cccc1C#N. The molecule has 4 nitrogen and oxygen atoms in total. The third kappa shape index (κ3) is 2.58. The first-order valence-electron chi connectivity index (χ1n) is 5.12. The lowest BCUT2D eigenvalue weighted by Gasteiger charge is -2.20. The van der Waals surface area contributed by atoms with Crippen LogP contribution in [0.15, 0.2) is 18.2 Å². The maximum absolute atomic E-state index is 9.97. The lowest BCUT2D eigenvalue weighted by molar-refractivity contribution is 0.0197. The van der Waals surface area contributed by atoms with Crippen LogP contribution in [0.2, 0.25) is 0 Å². The highest BCUT2D eigenvalue weighted by Gasteiger charge is 2.22. The highest BCUT2D eigenvalue weighted by molar-refractivity contribution is 5.44. The number of aryl methyl sites for hydroxylation is 1. The summed E-state index contributed by atoms with van der Waals surface area (Å²) in [7, 11) is 1.69. The van der Waals surface area contributed by atoms with E-state index in [4.69, 9.17) is 5.26 Å². The zero-order chi connectivity index (χ0) is 12.1. The molecule has 0 aliphatic carbocycles. The van der Waals surface area contributed by atoms with Gasteiger partial charge in [0.2, 0.25) is 0 Å². The van der Waals surface area contributed by atoms with Crippen molar-refractivity contribution in [2.24, 2.45) is 0 Å². The third-order valence-electron chi connectivity index (χ3n) is 2.52. The molecule has 0 aliphatic heterocycles. The van der Waals surface area contributed by atoms with Gasteiger partial charge in [0, 0.05) is 12.1 Å². The molecule has 0 radical (unpaired) electrons. The molecule has 2 unspecified atom stereocenters. The van der Waals surface area contributed by atoms with Gasteiger partial charge in [-0.2, -0.15) is 5.26 Å². The average molecular weight is 220 g/mol. The number of nitrogens with one attached hydrogen (secondary N) is 1. The van der Waals surface area contributed by atoms with Crippen molar-refractivity contribution in [3.63, 3.8) is 0 Å². The molecule has 0 aliphatic rings. The summed E-state index contributed by atoms with van der Waals surface area (Å²) < 4.78 is 0. The summed E-state index contributed by atoms with van der Waals surface area (Å²) in [6.07, 6.45) is -1.96. The number of hydrogen-bond acceptors (Lipinski definition) is 4. The second-order valence-corrected chi connectivity index (χ2v) is 3.72. The Labute approximate surface area is 95.2 Å². The Bertz CT molecular complexity index is 398. The minimum atomic E-state index is -1.04. The molecule has 0 fully saturated rings. The number of hydrogen-bond donors (Lipinski definition) is 3. The minimum absolute atomic E-state index is 0.278. The molecule has 1 aromatic carbocycles. The number of nitriles is 1. The summed E-state index contributed by atoms with van der Waals surface area (Å²) in [5.74, 6) is 0. The zero-order valence-corrected chi connectivity index (χ0v) is 9.44. The van der Waals surface area contributed by atoms with Gasteiger partial charge in [0.1, 0.15) is 6.10 Å². The number of aliphatic hydroxyl groups excluding tert-OH is 2. The fourth-order valence-corrected chi connectivity index (χ4v) is 1.68. The number of aliphatic hydroxyl groups is 2. The van der Waals surface area contributed by atoms with Crippen LogP contribution in [0.5, 0.6) is 0 Å². The summed E-state index contributed by atoms with van der Waals surface area (Å²) in [6.45, 7) is 2.09. The van der Waals surface area contributed by atoms with Crippen molar-refractivity contribution in [1.82, 2.24) is 5.32 Å². The number of rotatable bonds is 4. The Morgan fingerprint density at radius 2 is 2.12 bits per heavy atom. The standard InChI is InChI=1S/C12H16N2O2/c1-8-4-3-5-9(6-13)11(8)12(16)10(15)7-14-2/h3-5,10,12,14-16H,7H2,1-2H3. The molecule has 0 aromatic heterocycles. The molecular formula is C12H16N2O2. The fourth-order valence-electron chi connectivity index (χ4n) is 1.68. The normalized spacial score (nSPS) is 14.2. The van der Waals surface area contributed by atoms with Crippen molar-refractivity contribution in [1.29, 1.82) is 5.26 Å². The predicted molar refractivity (Wildman–Crippen MR) is 60.8 cm³/mol. The van der Waals surface area contributed by atoms with Crippen molar-refractivity contribution >= 4 is 0 Å². The number of nitrogens with zero attached hydrogens (tertiary/aromatic N) is 1. The lowest BCUT2D eigenvalue weighted by Crippen LogP contribution is -2.30. The van der Waals surface area contributed by atoms with Crippen LogP contribution in [0.25, 0.3) is 0 Å². The summed E-state index contributed by atoms with van der Waals surface area (Å²) in [4.78, 5) is 0. The van der Waals surface area contributed by atoms with Gasteiger partial charge in [-0.1, -0.05) is 12.1 Å². The largest absolute Gasteiger partial charge is 0.389 e. The molecule has 4 heteroatoms. The van der Waals surface area contributed by atoms with Crippen molar-refractivity contribution in [3.05, 3.63) is 34.9 Å². The quantitative estimate of drug-likeness (QED) is 0.690. The summed E-state index contributed by atoms with van der Waals surface area (Å²) in [5.41, 5.74) is 1.72. The summed E-state index contributed by atoms with van der Waals surface area (Å²) in [5, 5.41) is 31.4. The van der Waals surface area contributed by atoms with Crippen molar-refractivity contribution in [2.75, 3.05) is 13.6 Å². The van der Waals surface area contributed by atoms with E-state index in [-0.39, 0.29) is 6.54 Å². The highest BCUT2D eigenvalue weighted by atomic mass is 16.3. The van der Waals surface area contributed by atoms with Gasteiger partial charge in [0.05, 0.1) is 17.7 Å². The van der Waals surface area contributed by atoms with Gasteiger partial charge in [0.15, 0.2) is 0 Å². The van der Waals surface area contributed by atoms with Crippen LogP contribution in [0.4, 0.5) is 0 Å². The molecule has 0 saturated heterocycles. The fraction of sp³-hybridized carbons (Fsp3) is 0.417. The van der Waals surface area contributed by atoms with Crippen LogP contribution in [-0.4, -0.2) is 29.9 Å². The molecule has 1 rings (SSSR count). The van der Waals surface area contributed by atoms with Crippen LogP contribution in [-0.2, 0) is 0 Å². The van der Waals surface area contributed by atoms with Gasteiger partial charge < -0.3 is 15.5 Å². The van der Waals surface area contributed by atoms with E-state index in [1.54, 1.807) is 19.2 Å². The van der Waals surface area contributed by atoms with E-state index in [1.807, 2.05) is 19.1 Å². The Hall–Kier alpha value is -1.41. The van der Waals surface area contributed by atoms with Crippen molar-refractivity contribution < 1.29 is 10.2 Å². The molecule has 0 saturated carbocycles. The van der Waals surface area contributed by atoms with Crippen LogP contribution in [0.1, 0.15) is 22.8 Å². The molecule has 16 heavy (non-hydrogen) atoms. The van der Waals surface area contributed by atoms with Gasteiger partial charge in [-0.05, 0) is 25.6 Å². The Balaban J connectivity index is 3.07. The van der Waals surface area contributed by atoms with E-state index < -0.39 is 12.2 Å². The molecule has 0 amide bonds. The van der Waals surface area contributed by atoms with E-state index in [0.29, 0.717) is 11.1 Å². The molecule has 0 bridgehead atoms. The van der Waals surface area contributed by atoms with Crippen LogP contribution >= 0.6 is 0 Å². The summed E-state index contributed by atoms with van der Waals surface area (Å²) >= 11 is 0. The van der Waals surface area contributed by atoms with Crippen LogP contribution in [0.3, 0.4) is 0 Å². The van der Waals surface area contributed by atoms with Crippen molar-refractivity contribution in [3.8, 4) is 6.07 Å². The molecule has 1 aromatic rings. The second kappa shape index (κ2) is 5.61. The Morgan fingerprint density at radius 3 is 2.69 bits per heavy atom. The maximum Gasteiger partial charge on any atom is 0.108 e. The second-order valence-electron chi connectivity index (χ2n) is 3.72. The molecule has 2 atom stereocenters. The molecule has 3 N–H and O–H groups in total. The molecule has 0 spiro atoms. The topological polar surface area (TPSA) is 76.3 Å². The lowest BCUT2D eigenvalue weighted by atomic mass is 9.94. The smallest absolute Gasteiger partial charge is 0.108 e. The van der Waals surface area contributed by atoms with Crippen molar-refractivity contribution in [2.45, 2.75) is 19.1 Å². The molecular weight excluding hydrogens is 204 g/mol. The molecule has 0 heterocycles. The summed E-state index contributed by atoms with van der Waals surface area (Å²) in [6, 6.07) is 7.23. The predicted octanol–water partition coefficient (Wildman–Crippen LogP) is 0.480. The van der Waals surface area contributed by atoms with Gasteiger partial charge in [-0.15, -0.1) is 0 Å². The van der Waals surface area contributed by atoms with E-state index in [1.165, 1.54) is 0 Å². The van der Waals surface area contributed by atoms with Gasteiger partial charge in [-0.25, -0.2) is 0 Å². The van der Waals surface area contributed by atoms with Gasteiger partial charge >= 0.3 is 0 Å². The Morgan fingerprint density at radius 1 is 1.44 bits per heavy atom. The first kappa shape index (κ1) is 12.7. The van der Waals surface area contributed by atoms with E-state index >= 15 is 0 Å². The molecule has 86 valence electrons. The van der Waals surface area contributed by atoms with Gasteiger partial charge in [-0.3, -0.25) is 0 Å². The van der Waals surface area contributed by atoms with Crippen LogP contribution < -0.4 is 5.32 Å². The zero-order valence-electron chi connectivity index (χ0n) is 9.44. The third-order valence-corrected chi connectivity index (χ3v) is 2.52. The van der Waals surface area contributed by atoms with Crippen LogP contribution in [0, 0.1) is 18.3 Å². The average Bonchev–Trinajstić information content (AvgIpc) is 2.28. The van der Waals surface area contributed by atoms with E-state index in [9.17, 15) is 10.2 Å². The van der Waals surface area contributed by atoms with E-state index in [0.717, 1.165) is 5.56 Å². The maximum atomic E-state index is 9.97. The number of benzene rings is 1.